The fourth-order valence-electron chi connectivity index (χ4n) is 3.61. The Morgan fingerprint density at radius 1 is 0.258 bits per heavy atom. The zero-order valence-electron chi connectivity index (χ0n) is 30.3. The molecule has 62 heavy (non-hydrogen) atoms. The number of phenolic OH excluding ortho intramolecular Hbond substituents is 15. The predicted octanol–water partition coefficient (Wildman–Crippen LogP) is -4.55. The van der Waals surface area contributed by atoms with Crippen LogP contribution in [0.2, 0.25) is 0 Å². The predicted molar refractivity (Wildman–Crippen MR) is 185 cm³/mol. The first kappa shape index (κ1) is 56.5. The van der Waals surface area contributed by atoms with E-state index in [9.17, 15) is 49.5 Å². The third-order valence-corrected chi connectivity index (χ3v) is 6.53. The maximum absolute atomic E-state index is 10.2. The van der Waals surface area contributed by atoms with Crippen molar-refractivity contribution in [3.63, 3.8) is 0 Å². The molecule has 0 fully saturated rings. The van der Waals surface area contributed by atoms with Gasteiger partial charge in [-0.25, -0.2) is 0 Å². The van der Waals surface area contributed by atoms with Gasteiger partial charge in [0.2, 0.25) is 0 Å². The molecule has 0 bridgehead atoms. The van der Waals surface area contributed by atoms with Gasteiger partial charge in [0.1, 0.15) is 0 Å². The van der Waals surface area contributed by atoms with E-state index in [1.807, 2.05) is 0 Å². The molecule has 5 aromatic rings. The molecule has 5 aromatic carbocycles. The quantitative estimate of drug-likeness (QED) is 0.0582. The Hall–Kier alpha value is -7.59. The number of carbonyl (C=O) groups excluding carboxylic acids is 5. The molecule has 0 aliphatic carbocycles. The number of carboxylic acid groups (broad SMARTS) is 5. The monoisotopic (exact) mass is 1010 g/mol. The van der Waals surface area contributed by atoms with Crippen LogP contribution >= 0.6 is 0 Å². The molecule has 0 spiro atoms. The number of rotatable bonds is 5. The maximum atomic E-state index is 10.2. The first-order chi connectivity index (χ1) is 27.6. The largest absolute Gasteiger partial charge is 3.00 e. The van der Waals surface area contributed by atoms with Crippen LogP contribution in [0.15, 0.2) is 60.7 Å². The molecular formula is C35H25LaMgO25. The molecule has 0 saturated carbocycles. The Balaban J connectivity index is 0. The Morgan fingerprint density at radius 2 is 0.339 bits per heavy atom. The van der Waals surface area contributed by atoms with Crippen LogP contribution in [0.4, 0.5) is 0 Å². The maximum Gasteiger partial charge on any atom is 3.00 e. The number of benzene rings is 5. The van der Waals surface area contributed by atoms with E-state index in [4.69, 9.17) is 76.6 Å². The van der Waals surface area contributed by atoms with Gasteiger partial charge < -0.3 is 126 Å². The number of hydrogen-bond donors (Lipinski definition) is 15. The smallest absolute Gasteiger partial charge is 0.545 e. The summed E-state index contributed by atoms with van der Waals surface area (Å²) in [5.41, 5.74) is -2.00. The van der Waals surface area contributed by atoms with Crippen LogP contribution < -0.4 is 25.5 Å². The molecule has 15 N–H and O–H groups in total. The average Bonchev–Trinajstić information content (AvgIpc) is 3.15. The fraction of sp³-hybridized carbons (Fsp3) is 0. The van der Waals surface area contributed by atoms with E-state index in [1.54, 1.807) is 0 Å². The molecule has 0 aliphatic heterocycles. The van der Waals surface area contributed by atoms with Gasteiger partial charge in [0.25, 0.3) is 0 Å². The molecule has 320 valence electrons. The molecule has 27 heteroatoms. The molecule has 0 atom stereocenters. The molecule has 5 rings (SSSR count). The normalized spacial score (nSPS) is 9.35. The first-order valence-corrected chi connectivity index (χ1v) is 14.9. The molecule has 0 amide bonds. The molecule has 0 heterocycles. The Morgan fingerprint density at radius 3 is 0.403 bits per heavy atom. The van der Waals surface area contributed by atoms with E-state index in [1.165, 1.54) is 0 Å². The minimum Gasteiger partial charge on any atom is -0.545 e. The second kappa shape index (κ2) is 24.5. The summed E-state index contributed by atoms with van der Waals surface area (Å²) in [6, 6.07) is 7.82. The zero-order valence-corrected chi connectivity index (χ0v) is 35.4. The van der Waals surface area contributed by atoms with Crippen LogP contribution in [0.25, 0.3) is 0 Å². The molecular weight excluding hydrogens is 984 g/mol. The van der Waals surface area contributed by atoms with Crippen molar-refractivity contribution in [3.05, 3.63) is 88.5 Å². The Kier molecular flexibility index (Phi) is 22.3. The zero-order chi connectivity index (χ0) is 46.5. The van der Waals surface area contributed by atoms with E-state index in [-0.39, 0.29) is 58.7 Å². The van der Waals surface area contributed by atoms with Crippen LogP contribution in [0.5, 0.6) is 86.2 Å². The van der Waals surface area contributed by atoms with E-state index in [0.717, 1.165) is 60.7 Å². The summed E-state index contributed by atoms with van der Waals surface area (Å²) in [4.78, 5) is 51.0. The topological polar surface area (TPSA) is 504 Å². The summed E-state index contributed by atoms with van der Waals surface area (Å²) < 4.78 is 0. The van der Waals surface area contributed by atoms with Crippen molar-refractivity contribution >= 4 is 52.9 Å². The van der Waals surface area contributed by atoms with Gasteiger partial charge in [-0.3, -0.25) is 0 Å². The average molecular weight is 1010 g/mol. The van der Waals surface area contributed by atoms with Gasteiger partial charge in [0.15, 0.2) is 86.2 Å². The van der Waals surface area contributed by atoms with Gasteiger partial charge in [-0.15, -0.1) is 0 Å². The molecule has 0 aromatic heterocycles. The third-order valence-electron chi connectivity index (χ3n) is 6.53. The van der Waals surface area contributed by atoms with Crippen molar-refractivity contribution in [1.82, 2.24) is 0 Å². The number of phenols is 15. The van der Waals surface area contributed by atoms with Crippen LogP contribution in [0, 0.1) is 35.6 Å². The Bertz CT molecular complexity index is 1940. The van der Waals surface area contributed by atoms with E-state index < -0.39 is 144 Å². The third kappa shape index (κ3) is 16.2. The summed E-state index contributed by atoms with van der Waals surface area (Å²) in [7, 11) is 0. The molecule has 0 unspecified atom stereocenters. The molecule has 0 saturated heterocycles. The number of carboxylic acids is 5. The molecule has 0 aliphatic rings. The van der Waals surface area contributed by atoms with Gasteiger partial charge in [0, 0.05) is 27.8 Å². The van der Waals surface area contributed by atoms with Crippen LogP contribution in [0.1, 0.15) is 51.8 Å². The molecule has 25 nitrogen and oxygen atoms in total. The van der Waals surface area contributed by atoms with Crippen molar-refractivity contribution in [2.24, 2.45) is 0 Å². The van der Waals surface area contributed by atoms with E-state index >= 15 is 0 Å². The molecule has 0 radical (unpaired) electrons. The number of carbonyl (C=O) groups is 5. The van der Waals surface area contributed by atoms with Crippen molar-refractivity contribution < 1.29 is 162 Å². The fourth-order valence-corrected chi connectivity index (χ4v) is 3.61. The summed E-state index contributed by atoms with van der Waals surface area (Å²) in [6.07, 6.45) is 0. The van der Waals surface area contributed by atoms with Crippen molar-refractivity contribution in [2.45, 2.75) is 0 Å². The van der Waals surface area contributed by atoms with Crippen LogP contribution in [-0.4, -0.2) is 129 Å². The second-order valence-corrected chi connectivity index (χ2v) is 10.8. The first-order valence-electron chi connectivity index (χ1n) is 14.9. The van der Waals surface area contributed by atoms with Gasteiger partial charge in [0.05, 0.1) is 29.8 Å². The summed E-state index contributed by atoms with van der Waals surface area (Å²) in [6.45, 7) is 0. The van der Waals surface area contributed by atoms with Crippen LogP contribution in [0.3, 0.4) is 0 Å². The standard InChI is InChI=1S/5C7H6O5.La.Mg/c5*8-4-1-3(7(11)12)2-5(9)6(4)10;;/h5*1-2,8-10H,(H,11,12);;/q;;;;;+3;+2/p-5. The van der Waals surface area contributed by atoms with E-state index in [2.05, 4.69) is 0 Å². The second-order valence-electron chi connectivity index (χ2n) is 10.8. The number of aromatic carboxylic acids is 5. The van der Waals surface area contributed by atoms with Crippen LogP contribution in [-0.2, 0) is 0 Å². The minimum atomic E-state index is -1.54. The summed E-state index contributed by atoms with van der Waals surface area (Å²) in [5, 5.41) is 183. The van der Waals surface area contributed by atoms with E-state index in [0.29, 0.717) is 0 Å². The summed E-state index contributed by atoms with van der Waals surface area (Å²) >= 11 is 0. The van der Waals surface area contributed by atoms with Gasteiger partial charge >= 0.3 is 58.7 Å². The number of aromatic hydroxyl groups is 15. The summed E-state index contributed by atoms with van der Waals surface area (Å²) in [5.74, 6) is -18.5. The SMILES string of the molecule is O=C([O-])c1cc(O)c(O)c(O)c1.O=C([O-])c1cc(O)c(O)c(O)c1.O=C([O-])c1cc(O)c(O)c(O)c1.O=C([O-])c1cc(O)c(O)c(O)c1.O=C([O-])c1cc(O)c(O)c(O)c1.[La+3].[Mg+2]. The van der Waals surface area contributed by atoms with Crippen molar-refractivity contribution in [2.75, 3.05) is 0 Å². The van der Waals surface area contributed by atoms with Gasteiger partial charge in [-0.1, -0.05) is 0 Å². The van der Waals surface area contributed by atoms with Crippen molar-refractivity contribution in [1.29, 1.82) is 0 Å². The Labute approximate surface area is 387 Å². The van der Waals surface area contributed by atoms with Gasteiger partial charge in [-0.2, -0.15) is 0 Å². The van der Waals surface area contributed by atoms with Gasteiger partial charge in [-0.05, 0) is 60.7 Å². The minimum absolute atomic E-state index is 0. The van der Waals surface area contributed by atoms with Crippen molar-refractivity contribution in [3.8, 4) is 86.2 Å². The number of hydrogen-bond acceptors (Lipinski definition) is 25.